The summed E-state index contributed by atoms with van der Waals surface area (Å²) in [7, 11) is 0. The van der Waals surface area contributed by atoms with E-state index in [4.69, 9.17) is 4.74 Å². The van der Waals surface area contributed by atoms with Crippen LogP contribution in [-0.4, -0.2) is 38.7 Å². The molecule has 22 heavy (non-hydrogen) atoms. The molecule has 1 amide bonds. The summed E-state index contributed by atoms with van der Waals surface area (Å²) >= 11 is 0. The van der Waals surface area contributed by atoms with Crippen LogP contribution in [0, 0.1) is 0 Å². The molecule has 0 fully saturated rings. The minimum atomic E-state index is 0.0160. The van der Waals surface area contributed by atoms with Gasteiger partial charge in [0, 0.05) is 42.7 Å². The molecular weight excluding hydrogens is 280 g/mol. The van der Waals surface area contributed by atoms with Crippen LogP contribution in [0.2, 0.25) is 0 Å². The quantitative estimate of drug-likeness (QED) is 0.921. The normalized spacial score (nSPS) is 20.6. The second-order valence-electron chi connectivity index (χ2n) is 5.88. The second-order valence-corrected chi connectivity index (χ2v) is 5.88. The van der Waals surface area contributed by atoms with Gasteiger partial charge < -0.3 is 14.2 Å². The molecule has 0 aromatic carbocycles. The number of fused-ring (bicyclic) bond motifs is 2. The highest BCUT2D eigenvalue weighted by Gasteiger charge is 2.33. The Balaban J connectivity index is 1.67. The Morgan fingerprint density at radius 2 is 2.41 bits per heavy atom. The fraction of sp³-hybridized carbons (Fsp3) is 0.500. The first kappa shape index (κ1) is 13.6. The van der Waals surface area contributed by atoms with Gasteiger partial charge in [0.2, 0.25) is 0 Å². The van der Waals surface area contributed by atoms with Crippen molar-refractivity contribution in [2.24, 2.45) is 0 Å². The highest BCUT2D eigenvalue weighted by atomic mass is 16.5. The first-order chi connectivity index (χ1) is 10.8. The first-order valence-electron chi connectivity index (χ1n) is 7.89. The summed E-state index contributed by atoms with van der Waals surface area (Å²) in [5.41, 5.74) is 3.73. The maximum atomic E-state index is 13.0. The van der Waals surface area contributed by atoms with Gasteiger partial charge in [-0.25, -0.2) is 0 Å². The molecule has 0 radical (unpaired) electrons. The number of aromatic amines is 1. The predicted molar refractivity (Wildman–Crippen MR) is 80.4 cm³/mol. The number of nitrogens with one attached hydrogen (secondary N) is 1. The zero-order valence-corrected chi connectivity index (χ0v) is 12.7. The molecule has 2 aromatic heterocycles. The molecule has 116 valence electrons. The van der Waals surface area contributed by atoms with Gasteiger partial charge >= 0.3 is 0 Å². The molecule has 2 aromatic rings. The Labute approximate surface area is 129 Å². The van der Waals surface area contributed by atoms with Crippen LogP contribution in [0.1, 0.15) is 46.8 Å². The predicted octanol–water partition coefficient (Wildman–Crippen LogP) is 1.89. The highest BCUT2D eigenvalue weighted by molar-refractivity contribution is 5.94. The third-order valence-electron chi connectivity index (χ3n) is 4.71. The van der Waals surface area contributed by atoms with E-state index in [0.717, 1.165) is 37.2 Å². The average molecular weight is 300 g/mol. The van der Waals surface area contributed by atoms with Crippen LogP contribution in [0.5, 0.6) is 0 Å². The summed E-state index contributed by atoms with van der Waals surface area (Å²) in [5, 5.41) is 7.29. The van der Waals surface area contributed by atoms with Crippen LogP contribution in [0.25, 0.3) is 0 Å². The fourth-order valence-electron chi connectivity index (χ4n) is 3.56. The lowest BCUT2D eigenvalue weighted by atomic mass is 10.0. The van der Waals surface area contributed by atoms with Gasteiger partial charge in [0.1, 0.15) is 0 Å². The van der Waals surface area contributed by atoms with E-state index in [9.17, 15) is 4.79 Å². The van der Waals surface area contributed by atoms with E-state index >= 15 is 0 Å². The monoisotopic (exact) mass is 300 g/mol. The Morgan fingerprint density at radius 1 is 1.50 bits per heavy atom. The van der Waals surface area contributed by atoms with Gasteiger partial charge in [-0.1, -0.05) is 6.92 Å². The van der Waals surface area contributed by atoms with Crippen molar-refractivity contribution >= 4 is 5.91 Å². The Morgan fingerprint density at radius 3 is 3.27 bits per heavy atom. The van der Waals surface area contributed by atoms with Crippen LogP contribution in [0.15, 0.2) is 18.3 Å². The molecule has 2 aliphatic rings. The number of carbonyl (C=O) groups is 1. The third kappa shape index (κ3) is 1.98. The van der Waals surface area contributed by atoms with E-state index in [0.29, 0.717) is 18.9 Å². The van der Waals surface area contributed by atoms with Gasteiger partial charge in [-0.2, -0.15) is 5.10 Å². The van der Waals surface area contributed by atoms with E-state index in [2.05, 4.69) is 40.0 Å². The summed E-state index contributed by atoms with van der Waals surface area (Å²) in [6.45, 7) is 4.86. The number of amides is 1. The molecule has 4 rings (SSSR count). The van der Waals surface area contributed by atoms with Crippen molar-refractivity contribution in [3.63, 3.8) is 0 Å². The largest absolute Gasteiger partial charge is 0.376 e. The number of hydrogen-bond donors (Lipinski definition) is 1. The van der Waals surface area contributed by atoms with Gasteiger partial charge in [0.25, 0.3) is 5.91 Å². The summed E-state index contributed by atoms with van der Waals surface area (Å²) in [6.07, 6.45) is 3.79. The van der Waals surface area contributed by atoms with Gasteiger partial charge in [0.05, 0.1) is 19.3 Å². The molecule has 1 N–H and O–H groups in total. The van der Waals surface area contributed by atoms with Crippen LogP contribution < -0.4 is 0 Å². The van der Waals surface area contributed by atoms with Crippen molar-refractivity contribution in [1.82, 2.24) is 19.7 Å². The maximum Gasteiger partial charge on any atom is 0.275 e. The number of hydrogen-bond acceptors (Lipinski definition) is 3. The molecule has 0 unspecified atom stereocenters. The fourth-order valence-corrected chi connectivity index (χ4v) is 3.56. The molecule has 0 aliphatic carbocycles. The van der Waals surface area contributed by atoms with Gasteiger partial charge in [0.15, 0.2) is 5.69 Å². The molecule has 4 heterocycles. The number of carbonyl (C=O) groups excluding carboxylic acids is 1. The van der Waals surface area contributed by atoms with Crippen LogP contribution >= 0.6 is 0 Å². The van der Waals surface area contributed by atoms with E-state index < -0.39 is 0 Å². The number of rotatable bonds is 2. The van der Waals surface area contributed by atoms with Crippen molar-refractivity contribution in [1.29, 1.82) is 0 Å². The topological polar surface area (TPSA) is 63.2 Å². The molecule has 0 saturated heterocycles. The lowest BCUT2D eigenvalue weighted by Gasteiger charge is -2.36. The second kappa shape index (κ2) is 5.28. The lowest BCUT2D eigenvalue weighted by Crippen LogP contribution is -2.42. The third-order valence-corrected chi connectivity index (χ3v) is 4.71. The Bertz CT molecular complexity index is 703. The maximum absolute atomic E-state index is 13.0. The molecule has 0 bridgehead atoms. The van der Waals surface area contributed by atoms with Crippen molar-refractivity contribution in [2.75, 3.05) is 13.2 Å². The minimum absolute atomic E-state index is 0.0160. The number of H-pyrrole nitrogens is 1. The zero-order chi connectivity index (χ0) is 15.1. The summed E-state index contributed by atoms with van der Waals surface area (Å²) in [6, 6.07) is 4.28. The smallest absolute Gasteiger partial charge is 0.275 e. The van der Waals surface area contributed by atoms with Gasteiger partial charge in [-0.3, -0.25) is 9.89 Å². The standard InChI is InChI=1S/C16H20N4O2/c1-2-13-14-4-3-6-19(14)7-8-20(13)16(21)15-11-10-22-9-5-12(11)17-18-15/h3-4,6,13H,2,5,7-10H2,1H3,(H,17,18)/t13-/m1/s1. The van der Waals surface area contributed by atoms with Crippen molar-refractivity contribution < 1.29 is 9.53 Å². The van der Waals surface area contributed by atoms with E-state index in [-0.39, 0.29) is 11.9 Å². The number of nitrogens with zero attached hydrogens (tertiary/aromatic N) is 3. The van der Waals surface area contributed by atoms with E-state index in [1.807, 2.05) is 4.90 Å². The van der Waals surface area contributed by atoms with E-state index in [1.165, 1.54) is 5.69 Å². The summed E-state index contributed by atoms with van der Waals surface area (Å²) < 4.78 is 7.73. The van der Waals surface area contributed by atoms with Crippen LogP contribution in [-0.2, 0) is 24.3 Å². The number of ether oxygens (including phenoxy) is 1. The SMILES string of the molecule is CC[C@@H]1c2cccn2CCN1C(=O)c1n[nH]c2c1COCC2. The Kier molecular flexibility index (Phi) is 3.26. The molecular formula is C16H20N4O2. The molecule has 6 heteroatoms. The summed E-state index contributed by atoms with van der Waals surface area (Å²) in [5.74, 6) is 0.0160. The zero-order valence-electron chi connectivity index (χ0n) is 12.7. The first-order valence-corrected chi connectivity index (χ1v) is 7.89. The minimum Gasteiger partial charge on any atom is -0.376 e. The van der Waals surface area contributed by atoms with Gasteiger partial charge in [-0.05, 0) is 18.6 Å². The molecule has 0 spiro atoms. The summed E-state index contributed by atoms with van der Waals surface area (Å²) in [4.78, 5) is 15.0. The molecule has 6 nitrogen and oxygen atoms in total. The van der Waals surface area contributed by atoms with Crippen LogP contribution in [0.4, 0.5) is 0 Å². The number of aromatic nitrogens is 3. The van der Waals surface area contributed by atoms with Crippen molar-refractivity contribution in [3.05, 3.63) is 41.0 Å². The molecule has 2 aliphatic heterocycles. The van der Waals surface area contributed by atoms with Crippen molar-refractivity contribution in [3.8, 4) is 0 Å². The van der Waals surface area contributed by atoms with Gasteiger partial charge in [-0.15, -0.1) is 0 Å². The van der Waals surface area contributed by atoms with Crippen LogP contribution in [0.3, 0.4) is 0 Å². The average Bonchev–Trinajstić information content (AvgIpc) is 3.19. The lowest BCUT2D eigenvalue weighted by molar-refractivity contribution is 0.0601. The molecule has 0 saturated carbocycles. The Hall–Kier alpha value is -2.08. The van der Waals surface area contributed by atoms with Crippen molar-refractivity contribution in [2.45, 2.75) is 39.0 Å². The molecule has 1 atom stereocenters. The van der Waals surface area contributed by atoms with E-state index in [1.54, 1.807) is 0 Å². The highest BCUT2D eigenvalue weighted by Crippen LogP contribution is 2.31.